The molecule has 0 aliphatic carbocycles. The molecular formula is C25H25NO10. The summed E-state index contributed by atoms with van der Waals surface area (Å²) in [7, 11) is 0. The lowest BCUT2D eigenvalue weighted by molar-refractivity contribution is -0.142. The SMILES string of the molecule is C#CCCCC(=O)N1CCOC(=O)/C(=C/C(O)=C(/O)C#C)Cc2c(cc(O)c(O)c2O)C(=O)OCC1. The molecule has 0 radical (unpaired) electrons. The highest BCUT2D eigenvalue weighted by Crippen LogP contribution is 2.41. The maximum Gasteiger partial charge on any atom is 0.338 e. The largest absolute Gasteiger partial charge is 0.504 e. The standard InChI is InChI=1S/C25H25NO10/c1-3-5-6-7-21(30)26-8-10-35-24(33)15(13-19(28)18(27)4-2)12-16-17(25(34)36-11-9-26)14-20(29)23(32)22(16)31/h1-2,13-14,27-29,31-32H,5-12H2/b15-13+,19-18-. The van der Waals surface area contributed by atoms with Gasteiger partial charge in [-0.2, -0.15) is 0 Å². The van der Waals surface area contributed by atoms with Crippen molar-refractivity contribution in [2.24, 2.45) is 0 Å². The second-order valence-electron chi connectivity index (χ2n) is 7.55. The molecule has 11 nitrogen and oxygen atoms in total. The predicted octanol–water partition coefficient (Wildman–Crippen LogP) is 1.58. The first-order chi connectivity index (χ1) is 17.1. The van der Waals surface area contributed by atoms with Crippen LogP contribution in [0.4, 0.5) is 0 Å². The van der Waals surface area contributed by atoms with E-state index in [-0.39, 0.29) is 44.2 Å². The molecule has 0 atom stereocenters. The molecule has 1 aliphatic rings. The van der Waals surface area contributed by atoms with E-state index in [1.54, 1.807) is 5.92 Å². The monoisotopic (exact) mass is 499 g/mol. The zero-order chi connectivity index (χ0) is 26.8. The number of phenols is 3. The van der Waals surface area contributed by atoms with Crippen LogP contribution in [0.3, 0.4) is 0 Å². The molecule has 1 aromatic carbocycles. The van der Waals surface area contributed by atoms with Crippen LogP contribution >= 0.6 is 0 Å². The van der Waals surface area contributed by atoms with Crippen molar-refractivity contribution in [1.82, 2.24) is 4.90 Å². The Kier molecular flexibility index (Phi) is 9.64. The Morgan fingerprint density at radius 2 is 1.69 bits per heavy atom. The molecule has 1 amide bonds. The summed E-state index contributed by atoms with van der Waals surface area (Å²) in [6, 6.07) is 0.826. The molecule has 1 aromatic rings. The zero-order valence-electron chi connectivity index (χ0n) is 19.2. The Labute approximate surface area is 206 Å². The molecule has 0 aromatic heterocycles. The van der Waals surface area contributed by atoms with Gasteiger partial charge in [0.1, 0.15) is 13.2 Å². The third kappa shape index (κ3) is 6.87. The molecule has 5 N–H and O–H groups in total. The number of terminal acetylenes is 2. The van der Waals surface area contributed by atoms with E-state index in [4.69, 9.17) is 22.3 Å². The van der Waals surface area contributed by atoms with Crippen LogP contribution in [0.25, 0.3) is 0 Å². The molecule has 1 aliphatic heterocycles. The van der Waals surface area contributed by atoms with Crippen LogP contribution in [0.2, 0.25) is 0 Å². The van der Waals surface area contributed by atoms with E-state index in [9.17, 15) is 39.9 Å². The highest BCUT2D eigenvalue weighted by molar-refractivity contribution is 5.95. The van der Waals surface area contributed by atoms with Gasteiger partial charge in [0.2, 0.25) is 17.4 Å². The van der Waals surface area contributed by atoms with Gasteiger partial charge in [0.25, 0.3) is 0 Å². The summed E-state index contributed by atoms with van der Waals surface area (Å²) in [4.78, 5) is 39.4. The molecule has 0 saturated heterocycles. The average molecular weight is 499 g/mol. The number of amides is 1. The Morgan fingerprint density at radius 3 is 2.31 bits per heavy atom. The summed E-state index contributed by atoms with van der Waals surface area (Å²) in [5.74, 6) is -2.70. The predicted molar refractivity (Wildman–Crippen MR) is 125 cm³/mol. The second-order valence-corrected chi connectivity index (χ2v) is 7.55. The Morgan fingerprint density at radius 1 is 1.06 bits per heavy atom. The summed E-state index contributed by atoms with van der Waals surface area (Å²) in [6.45, 7) is -0.650. The lowest BCUT2D eigenvalue weighted by Gasteiger charge is -2.22. The number of nitrogens with zero attached hydrogens (tertiary/aromatic N) is 1. The molecule has 0 saturated carbocycles. The number of carbonyl (C=O) groups is 3. The topological polar surface area (TPSA) is 174 Å². The normalized spacial score (nSPS) is 16.6. The molecule has 36 heavy (non-hydrogen) atoms. The lowest BCUT2D eigenvalue weighted by Crippen LogP contribution is -2.37. The van der Waals surface area contributed by atoms with Crippen molar-refractivity contribution in [3.8, 4) is 41.9 Å². The smallest absolute Gasteiger partial charge is 0.338 e. The van der Waals surface area contributed by atoms with Gasteiger partial charge in [-0.3, -0.25) is 4.79 Å². The van der Waals surface area contributed by atoms with E-state index in [2.05, 4.69) is 5.92 Å². The quantitative estimate of drug-likeness (QED) is 0.102. The van der Waals surface area contributed by atoms with Crippen molar-refractivity contribution in [2.75, 3.05) is 26.3 Å². The molecular weight excluding hydrogens is 474 g/mol. The first kappa shape index (κ1) is 27.5. The lowest BCUT2D eigenvalue weighted by atomic mass is 9.97. The molecule has 0 unspecified atom stereocenters. The summed E-state index contributed by atoms with van der Waals surface area (Å²) >= 11 is 0. The van der Waals surface area contributed by atoms with Gasteiger partial charge in [-0.15, -0.1) is 18.8 Å². The van der Waals surface area contributed by atoms with Crippen molar-refractivity contribution in [1.29, 1.82) is 0 Å². The number of rotatable bonds is 4. The number of carbonyl (C=O) groups excluding carboxylic acids is 3. The summed E-state index contributed by atoms with van der Waals surface area (Å²) in [5, 5.41) is 49.8. The van der Waals surface area contributed by atoms with Gasteiger partial charge >= 0.3 is 11.9 Å². The zero-order valence-corrected chi connectivity index (χ0v) is 19.2. The number of allylic oxidation sites excluding steroid dienone is 2. The average Bonchev–Trinajstić information content (AvgIpc) is 2.86. The fourth-order valence-electron chi connectivity index (χ4n) is 3.25. The number of aliphatic hydroxyl groups is 2. The molecule has 0 fully saturated rings. The first-order valence-corrected chi connectivity index (χ1v) is 10.7. The second kappa shape index (κ2) is 12.6. The number of phenolic OH excluding ortho intramolecular Hbond substituents is 3. The van der Waals surface area contributed by atoms with E-state index in [1.165, 1.54) is 4.90 Å². The van der Waals surface area contributed by atoms with Crippen LogP contribution in [-0.4, -0.2) is 74.6 Å². The minimum Gasteiger partial charge on any atom is -0.504 e. The van der Waals surface area contributed by atoms with Crippen LogP contribution in [0.5, 0.6) is 17.2 Å². The number of cyclic esters (lactones) is 2. The van der Waals surface area contributed by atoms with Crippen molar-refractivity contribution in [3.63, 3.8) is 0 Å². The number of hydrogen-bond donors (Lipinski definition) is 5. The third-order valence-corrected chi connectivity index (χ3v) is 5.15. The van der Waals surface area contributed by atoms with Gasteiger partial charge < -0.3 is 39.9 Å². The number of unbranched alkanes of at least 4 members (excludes halogenated alkanes) is 1. The van der Waals surface area contributed by atoms with E-state index in [0.717, 1.165) is 12.1 Å². The minimum atomic E-state index is -1.04. The number of fused-ring (bicyclic) bond motifs is 1. The molecule has 190 valence electrons. The number of hydrogen-bond acceptors (Lipinski definition) is 10. The van der Waals surface area contributed by atoms with Gasteiger partial charge in [-0.05, 0) is 24.5 Å². The molecule has 1 heterocycles. The Hall–Kier alpha value is -4.77. The van der Waals surface area contributed by atoms with Gasteiger partial charge in [-0.25, -0.2) is 9.59 Å². The van der Waals surface area contributed by atoms with Gasteiger partial charge in [0.05, 0.1) is 18.7 Å². The summed E-state index contributed by atoms with van der Waals surface area (Å²) < 4.78 is 10.4. The fraction of sp³-hybridized carbons (Fsp3) is 0.320. The number of aromatic hydroxyl groups is 3. The number of aliphatic hydroxyl groups excluding tert-OH is 2. The highest BCUT2D eigenvalue weighted by atomic mass is 16.5. The fourth-order valence-corrected chi connectivity index (χ4v) is 3.25. The van der Waals surface area contributed by atoms with Crippen LogP contribution in [0, 0.1) is 24.7 Å². The Balaban J connectivity index is 2.53. The molecule has 0 bridgehead atoms. The molecule has 0 spiro atoms. The number of benzene rings is 1. The van der Waals surface area contributed by atoms with E-state index in [0.29, 0.717) is 12.8 Å². The van der Waals surface area contributed by atoms with Crippen LogP contribution in [-0.2, 0) is 25.5 Å². The Bertz CT molecular complexity index is 1180. The van der Waals surface area contributed by atoms with Gasteiger partial charge in [0.15, 0.2) is 17.3 Å². The van der Waals surface area contributed by atoms with E-state index >= 15 is 0 Å². The number of esters is 2. The van der Waals surface area contributed by atoms with Crippen LogP contribution in [0.15, 0.2) is 29.2 Å². The van der Waals surface area contributed by atoms with Crippen molar-refractivity contribution in [3.05, 3.63) is 40.4 Å². The maximum absolute atomic E-state index is 12.8. The van der Waals surface area contributed by atoms with Gasteiger partial charge in [0, 0.05) is 30.4 Å². The third-order valence-electron chi connectivity index (χ3n) is 5.15. The molecule has 11 heteroatoms. The molecule has 2 rings (SSSR count). The van der Waals surface area contributed by atoms with Gasteiger partial charge in [-0.1, -0.05) is 0 Å². The summed E-state index contributed by atoms with van der Waals surface area (Å²) in [5.41, 5.74) is -1.14. The highest BCUT2D eigenvalue weighted by Gasteiger charge is 2.27. The van der Waals surface area contributed by atoms with Crippen molar-refractivity contribution in [2.45, 2.75) is 25.7 Å². The van der Waals surface area contributed by atoms with Crippen molar-refractivity contribution < 1.29 is 49.4 Å². The maximum atomic E-state index is 12.8. The minimum absolute atomic E-state index is 0.0498. The first-order valence-electron chi connectivity index (χ1n) is 10.7. The van der Waals surface area contributed by atoms with E-state index < -0.39 is 58.3 Å². The van der Waals surface area contributed by atoms with Crippen LogP contribution < -0.4 is 0 Å². The van der Waals surface area contributed by atoms with Crippen LogP contribution in [0.1, 0.15) is 35.2 Å². The van der Waals surface area contributed by atoms with E-state index in [1.807, 2.05) is 0 Å². The van der Waals surface area contributed by atoms with Crippen molar-refractivity contribution >= 4 is 17.8 Å². The number of ether oxygens (including phenoxy) is 2. The summed E-state index contributed by atoms with van der Waals surface area (Å²) in [6.07, 6.45) is 11.3.